The van der Waals surface area contributed by atoms with Crippen molar-refractivity contribution in [3.05, 3.63) is 108 Å². The zero-order valence-electron chi connectivity index (χ0n) is 16.3. The summed E-state index contributed by atoms with van der Waals surface area (Å²) in [5, 5.41) is 0. The van der Waals surface area contributed by atoms with Gasteiger partial charge in [0, 0.05) is 38.1 Å². The van der Waals surface area contributed by atoms with Crippen molar-refractivity contribution in [1.82, 2.24) is 9.97 Å². The van der Waals surface area contributed by atoms with Gasteiger partial charge in [0.05, 0.1) is 5.69 Å². The zero-order valence-corrected chi connectivity index (χ0v) is 18.7. The quantitative estimate of drug-likeness (QED) is 0.281. The summed E-state index contributed by atoms with van der Waals surface area (Å²) in [5.41, 5.74) is 8.13. The Morgan fingerprint density at radius 3 is 2.07 bits per heavy atom. The van der Waals surface area contributed by atoms with Gasteiger partial charge in [0.25, 0.3) is 0 Å². The number of benzene rings is 2. The third-order valence-corrected chi connectivity index (χ3v) is 4.22. The van der Waals surface area contributed by atoms with Crippen LogP contribution in [-0.2, 0) is 20.1 Å². The first-order valence-corrected chi connectivity index (χ1v) is 9.02. The van der Waals surface area contributed by atoms with E-state index in [0.29, 0.717) is 0 Å². The molecule has 0 bridgehead atoms. The van der Waals surface area contributed by atoms with E-state index in [4.69, 9.17) is 0 Å². The molecule has 2 nitrogen and oxygen atoms in total. The molecule has 0 fully saturated rings. The van der Waals surface area contributed by atoms with Gasteiger partial charge in [-0.3, -0.25) is 4.98 Å². The van der Waals surface area contributed by atoms with Crippen molar-refractivity contribution in [3.8, 4) is 22.5 Å². The fraction of sp³-hybridized carbons (Fsp3) is 0.120. The van der Waals surface area contributed by atoms with Crippen molar-refractivity contribution >= 4 is 0 Å². The summed E-state index contributed by atoms with van der Waals surface area (Å²) in [6, 6.07) is 27.4. The Kier molecular flexibility index (Phi) is 8.25. The number of aryl methyl sites for hydroxylation is 3. The normalized spacial score (nSPS) is 9.68. The summed E-state index contributed by atoms with van der Waals surface area (Å²) in [7, 11) is 0. The SMILES string of the molecule is Cc1ccnc(-c2ccc(C)cc2C)c1.[Ir].[c-]1ccccc1-c1ccccn1. The number of pyridine rings is 2. The van der Waals surface area contributed by atoms with Gasteiger partial charge in [-0.2, -0.15) is 0 Å². The van der Waals surface area contributed by atoms with Gasteiger partial charge in [0.15, 0.2) is 0 Å². The molecule has 1 radical (unpaired) electrons. The van der Waals surface area contributed by atoms with Crippen LogP contribution in [0.25, 0.3) is 22.5 Å². The van der Waals surface area contributed by atoms with E-state index in [-0.39, 0.29) is 20.1 Å². The first kappa shape index (κ1) is 21.7. The van der Waals surface area contributed by atoms with Gasteiger partial charge >= 0.3 is 0 Å². The molecule has 0 amide bonds. The second kappa shape index (κ2) is 10.7. The van der Waals surface area contributed by atoms with Crippen molar-refractivity contribution in [3.63, 3.8) is 0 Å². The minimum Gasteiger partial charge on any atom is -0.305 e. The number of rotatable bonds is 2. The van der Waals surface area contributed by atoms with Crippen LogP contribution in [0.2, 0.25) is 0 Å². The Labute approximate surface area is 181 Å². The van der Waals surface area contributed by atoms with Crippen LogP contribution in [0, 0.1) is 26.8 Å². The van der Waals surface area contributed by atoms with E-state index < -0.39 is 0 Å². The molecule has 4 aromatic rings. The standard InChI is InChI=1S/C14H15N.C11H8N.Ir/c1-10-4-5-13(12(3)8-10)14-9-11(2)6-7-15-14;1-2-6-10(7-3-1)11-8-4-5-9-12-11;/h4-9H,1-3H3;1-6,8-9H;/q;-1;. The van der Waals surface area contributed by atoms with Crippen LogP contribution >= 0.6 is 0 Å². The van der Waals surface area contributed by atoms with Gasteiger partial charge in [-0.25, -0.2) is 0 Å². The van der Waals surface area contributed by atoms with Crippen LogP contribution in [0.15, 0.2) is 85.2 Å². The van der Waals surface area contributed by atoms with E-state index in [1.807, 2.05) is 54.7 Å². The predicted molar refractivity (Wildman–Crippen MR) is 112 cm³/mol. The molecular weight excluding hydrogens is 521 g/mol. The Hall–Kier alpha value is -2.61. The molecule has 0 unspecified atom stereocenters. The van der Waals surface area contributed by atoms with E-state index in [9.17, 15) is 0 Å². The van der Waals surface area contributed by atoms with Crippen LogP contribution in [0.3, 0.4) is 0 Å². The second-order valence-corrected chi connectivity index (χ2v) is 6.53. The van der Waals surface area contributed by atoms with Crippen LogP contribution in [0.4, 0.5) is 0 Å². The molecule has 4 rings (SSSR count). The van der Waals surface area contributed by atoms with Crippen LogP contribution in [0.1, 0.15) is 16.7 Å². The summed E-state index contributed by atoms with van der Waals surface area (Å²) in [4.78, 5) is 8.62. The maximum absolute atomic E-state index is 4.40. The molecule has 3 heteroatoms. The summed E-state index contributed by atoms with van der Waals surface area (Å²) in [5.74, 6) is 0. The zero-order chi connectivity index (χ0) is 19.1. The molecule has 2 aromatic carbocycles. The molecule has 0 N–H and O–H groups in total. The third kappa shape index (κ3) is 5.95. The van der Waals surface area contributed by atoms with Gasteiger partial charge in [-0.05, 0) is 55.8 Å². The predicted octanol–water partition coefficient (Wildman–Crippen LogP) is 6.22. The fourth-order valence-electron chi connectivity index (χ4n) is 2.86. The molecule has 0 aliphatic heterocycles. The molecule has 0 saturated heterocycles. The molecule has 0 saturated carbocycles. The van der Waals surface area contributed by atoms with Crippen LogP contribution in [-0.4, -0.2) is 9.97 Å². The van der Waals surface area contributed by atoms with Crippen LogP contribution < -0.4 is 0 Å². The molecule has 2 heterocycles. The fourth-order valence-corrected chi connectivity index (χ4v) is 2.86. The summed E-state index contributed by atoms with van der Waals surface area (Å²) < 4.78 is 0. The first-order chi connectivity index (χ1) is 13.1. The number of hydrogen-bond acceptors (Lipinski definition) is 2. The van der Waals surface area contributed by atoms with E-state index in [2.05, 4.69) is 61.1 Å². The molecule has 0 spiro atoms. The number of aromatic nitrogens is 2. The summed E-state index contributed by atoms with van der Waals surface area (Å²) in [6.45, 7) is 6.33. The molecule has 143 valence electrons. The molecule has 2 aromatic heterocycles. The molecule has 28 heavy (non-hydrogen) atoms. The number of nitrogens with zero attached hydrogens (tertiary/aromatic N) is 2. The monoisotopic (exact) mass is 544 g/mol. The van der Waals surface area contributed by atoms with Gasteiger partial charge in [-0.15, -0.1) is 35.9 Å². The van der Waals surface area contributed by atoms with Crippen LogP contribution in [0.5, 0.6) is 0 Å². The van der Waals surface area contributed by atoms with Crippen molar-refractivity contribution < 1.29 is 20.1 Å². The first-order valence-electron chi connectivity index (χ1n) is 9.02. The maximum Gasteiger partial charge on any atom is 0.0707 e. The minimum absolute atomic E-state index is 0. The smallest absolute Gasteiger partial charge is 0.0707 e. The number of hydrogen-bond donors (Lipinski definition) is 0. The van der Waals surface area contributed by atoms with Crippen molar-refractivity contribution in [2.75, 3.05) is 0 Å². The Bertz CT molecular complexity index is 962. The molecule has 0 aliphatic carbocycles. The van der Waals surface area contributed by atoms with Crippen molar-refractivity contribution in [2.24, 2.45) is 0 Å². The Balaban J connectivity index is 0.000000198. The van der Waals surface area contributed by atoms with E-state index in [0.717, 1.165) is 17.0 Å². The van der Waals surface area contributed by atoms with Gasteiger partial charge in [0.2, 0.25) is 0 Å². The largest absolute Gasteiger partial charge is 0.305 e. The average molecular weight is 544 g/mol. The topological polar surface area (TPSA) is 25.8 Å². The van der Waals surface area contributed by atoms with Gasteiger partial charge in [0.1, 0.15) is 0 Å². The Morgan fingerprint density at radius 1 is 0.679 bits per heavy atom. The molecule has 0 atom stereocenters. The van der Waals surface area contributed by atoms with E-state index in [1.165, 1.54) is 22.3 Å². The second-order valence-electron chi connectivity index (χ2n) is 6.53. The van der Waals surface area contributed by atoms with Gasteiger partial charge in [-0.1, -0.05) is 35.9 Å². The summed E-state index contributed by atoms with van der Waals surface area (Å²) in [6.07, 6.45) is 3.65. The molecular formula is C25H23IrN2-. The maximum atomic E-state index is 4.40. The molecule has 0 aliphatic rings. The van der Waals surface area contributed by atoms with E-state index >= 15 is 0 Å². The van der Waals surface area contributed by atoms with Crippen molar-refractivity contribution in [1.29, 1.82) is 0 Å². The summed E-state index contributed by atoms with van der Waals surface area (Å²) >= 11 is 0. The Morgan fingerprint density at radius 2 is 1.43 bits per heavy atom. The minimum atomic E-state index is 0. The third-order valence-electron chi connectivity index (χ3n) is 4.22. The van der Waals surface area contributed by atoms with Gasteiger partial charge < -0.3 is 4.98 Å². The van der Waals surface area contributed by atoms with E-state index in [1.54, 1.807) is 6.20 Å². The average Bonchev–Trinajstić information content (AvgIpc) is 2.70. The van der Waals surface area contributed by atoms with Crippen molar-refractivity contribution in [2.45, 2.75) is 20.8 Å².